The summed E-state index contributed by atoms with van der Waals surface area (Å²) in [4.78, 5) is 0. The molecular formula is C6H2F12O3S. The van der Waals surface area contributed by atoms with Crippen molar-refractivity contribution in [3.8, 4) is 0 Å². The van der Waals surface area contributed by atoms with Crippen molar-refractivity contribution in [3.05, 3.63) is 0 Å². The van der Waals surface area contributed by atoms with Crippen LogP contribution in [0.3, 0.4) is 0 Å². The first-order chi connectivity index (χ1) is 9.21. The highest BCUT2D eigenvalue weighted by Crippen LogP contribution is 2.53. The third-order valence-electron chi connectivity index (χ3n) is 1.89. The summed E-state index contributed by atoms with van der Waals surface area (Å²) < 4.78 is 167. The first-order valence-electron chi connectivity index (χ1n) is 4.36. The van der Waals surface area contributed by atoms with Gasteiger partial charge in [0.2, 0.25) is 0 Å². The Kier molecular flexibility index (Phi) is 5.09. The minimum atomic E-state index is -7.37. The SMILES string of the molecule is O=S(=O)(OCC(F)(F)C(F)(F)C(F)(F)C(F)(F)F)C(F)(F)F. The van der Waals surface area contributed by atoms with Gasteiger partial charge in [-0.15, -0.1) is 0 Å². The van der Waals surface area contributed by atoms with Gasteiger partial charge in [0.25, 0.3) is 0 Å². The summed E-state index contributed by atoms with van der Waals surface area (Å²) in [5.74, 6) is -21.2. The van der Waals surface area contributed by atoms with Gasteiger partial charge in [0, 0.05) is 0 Å². The Bertz CT molecular complexity index is 500. The highest BCUT2D eigenvalue weighted by molar-refractivity contribution is 7.87. The van der Waals surface area contributed by atoms with Crippen LogP contribution >= 0.6 is 0 Å². The molecule has 0 fully saturated rings. The quantitative estimate of drug-likeness (QED) is 0.416. The van der Waals surface area contributed by atoms with E-state index in [4.69, 9.17) is 0 Å². The van der Waals surface area contributed by atoms with Gasteiger partial charge in [-0.25, -0.2) is 0 Å². The molecular weight excluding hydrogens is 380 g/mol. The molecule has 0 aliphatic carbocycles. The van der Waals surface area contributed by atoms with E-state index in [0.29, 0.717) is 0 Å². The van der Waals surface area contributed by atoms with Crippen molar-refractivity contribution in [2.24, 2.45) is 0 Å². The first-order valence-corrected chi connectivity index (χ1v) is 5.77. The summed E-state index contributed by atoms with van der Waals surface area (Å²) in [5.41, 5.74) is -6.38. The van der Waals surface area contributed by atoms with E-state index in [2.05, 4.69) is 4.18 Å². The maximum Gasteiger partial charge on any atom is 0.523 e. The smallest absolute Gasteiger partial charge is 0.257 e. The van der Waals surface area contributed by atoms with Crippen LogP contribution in [0.1, 0.15) is 0 Å². The molecule has 0 atom stereocenters. The van der Waals surface area contributed by atoms with Crippen LogP contribution in [0, 0.1) is 0 Å². The topological polar surface area (TPSA) is 43.4 Å². The largest absolute Gasteiger partial charge is 0.523 e. The van der Waals surface area contributed by atoms with E-state index >= 15 is 0 Å². The summed E-state index contributed by atoms with van der Waals surface area (Å²) in [6, 6.07) is 0. The zero-order chi connectivity index (χ0) is 18.4. The molecule has 0 N–H and O–H groups in total. The molecule has 0 heterocycles. The van der Waals surface area contributed by atoms with Crippen LogP contribution in [0.5, 0.6) is 0 Å². The molecule has 0 aromatic heterocycles. The lowest BCUT2D eigenvalue weighted by Crippen LogP contribution is -2.62. The van der Waals surface area contributed by atoms with E-state index in [0.717, 1.165) is 0 Å². The lowest BCUT2D eigenvalue weighted by molar-refractivity contribution is -0.398. The van der Waals surface area contributed by atoms with Gasteiger partial charge in [-0.05, 0) is 0 Å². The van der Waals surface area contributed by atoms with Crippen molar-refractivity contribution in [1.29, 1.82) is 0 Å². The van der Waals surface area contributed by atoms with E-state index in [9.17, 15) is 61.1 Å². The van der Waals surface area contributed by atoms with Crippen LogP contribution in [0.4, 0.5) is 52.7 Å². The molecule has 0 aromatic carbocycles. The normalized spacial score (nSPS) is 16.0. The predicted molar refractivity (Wildman–Crippen MR) is 41.8 cm³/mol. The number of rotatable bonds is 5. The standard InChI is InChI=1S/C6H2F12O3S/c7-2(8,1-21-22(19,20)6(16,17)18)3(9,10)4(11,12)5(13,14)15/h1H2. The Morgan fingerprint density at radius 1 is 0.682 bits per heavy atom. The Balaban J connectivity index is 5.50. The zero-order valence-electron chi connectivity index (χ0n) is 9.38. The molecule has 3 nitrogen and oxygen atoms in total. The molecule has 0 aliphatic rings. The molecule has 0 saturated heterocycles. The van der Waals surface area contributed by atoms with Gasteiger partial charge >= 0.3 is 39.6 Å². The minimum Gasteiger partial charge on any atom is -0.257 e. The summed E-state index contributed by atoms with van der Waals surface area (Å²) in [5, 5.41) is 0. The first kappa shape index (κ1) is 21.1. The maximum absolute atomic E-state index is 12.7. The highest BCUT2D eigenvalue weighted by Gasteiger charge is 2.82. The fourth-order valence-electron chi connectivity index (χ4n) is 0.717. The maximum atomic E-state index is 12.7. The molecule has 0 aromatic rings. The van der Waals surface area contributed by atoms with Crippen molar-refractivity contribution in [3.63, 3.8) is 0 Å². The Labute approximate surface area is 112 Å². The molecule has 22 heavy (non-hydrogen) atoms. The lowest BCUT2D eigenvalue weighted by atomic mass is 10.1. The molecule has 0 rings (SSSR count). The summed E-state index contributed by atoms with van der Waals surface area (Å²) in [6.07, 6.45) is -7.19. The summed E-state index contributed by atoms with van der Waals surface area (Å²) in [7, 11) is -6.91. The molecule has 134 valence electrons. The minimum absolute atomic E-state index is 2.37. The average molecular weight is 382 g/mol. The molecule has 0 spiro atoms. The van der Waals surface area contributed by atoms with E-state index in [1.807, 2.05) is 0 Å². The number of hydrogen-bond donors (Lipinski definition) is 0. The molecule has 0 amide bonds. The Morgan fingerprint density at radius 3 is 1.32 bits per heavy atom. The fraction of sp³-hybridized carbons (Fsp3) is 1.00. The summed E-state index contributed by atoms with van der Waals surface area (Å²) >= 11 is 0. The van der Waals surface area contributed by atoms with Gasteiger partial charge in [-0.2, -0.15) is 61.1 Å². The van der Waals surface area contributed by atoms with Gasteiger partial charge < -0.3 is 0 Å². The molecule has 0 bridgehead atoms. The van der Waals surface area contributed by atoms with Crippen molar-refractivity contribution in [2.45, 2.75) is 29.5 Å². The van der Waals surface area contributed by atoms with Crippen molar-refractivity contribution < 1.29 is 65.3 Å². The molecule has 16 heteroatoms. The van der Waals surface area contributed by atoms with E-state index in [1.165, 1.54) is 0 Å². The second kappa shape index (κ2) is 5.31. The number of hydrogen-bond acceptors (Lipinski definition) is 3. The van der Waals surface area contributed by atoms with Crippen LogP contribution in [0.2, 0.25) is 0 Å². The number of alkyl halides is 12. The van der Waals surface area contributed by atoms with Crippen molar-refractivity contribution in [2.75, 3.05) is 6.61 Å². The zero-order valence-corrected chi connectivity index (χ0v) is 10.2. The predicted octanol–water partition coefficient (Wildman–Crippen LogP) is 3.32. The van der Waals surface area contributed by atoms with Crippen LogP contribution in [0.25, 0.3) is 0 Å². The lowest BCUT2D eigenvalue weighted by Gasteiger charge is -2.33. The van der Waals surface area contributed by atoms with Crippen LogP contribution in [-0.2, 0) is 14.3 Å². The summed E-state index contributed by atoms with van der Waals surface area (Å²) in [6.45, 7) is -3.59. The van der Waals surface area contributed by atoms with Gasteiger partial charge in [-0.3, -0.25) is 4.18 Å². The fourth-order valence-corrected chi connectivity index (χ4v) is 1.15. The second-order valence-electron chi connectivity index (χ2n) is 3.51. The average Bonchev–Trinajstić information content (AvgIpc) is 2.23. The Hall–Kier alpha value is -0.930. The van der Waals surface area contributed by atoms with Crippen LogP contribution in [0.15, 0.2) is 0 Å². The van der Waals surface area contributed by atoms with E-state index < -0.39 is 46.2 Å². The molecule has 0 unspecified atom stereocenters. The third kappa shape index (κ3) is 3.52. The van der Waals surface area contributed by atoms with Crippen LogP contribution in [-0.4, -0.2) is 44.5 Å². The van der Waals surface area contributed by atoms with Gasteiger partial charge in [0.15, 0.2) is 0 Å². The highest BCUT2D eigenvalue weighted by atomic mass is 32.2. The monoisotopic (exact) mass is 382 g/mol. The number of halogens is 12. The van der Waals surface area contributed by atoms with E-state index in [-0.39, 0.29) is 0 Å². The molecule has 0 aliphatic heterocycles. The van der Waals surface area contributed by atoms with Gasteiger partial charge in [-0.1, -0.05) is 0 Å². The van der Waals surface area contributed by atoms with Crippen molar-refractivity contribution in [1.82, 2.24) is 0 Å². The van der Waals surface area contributed by atoms with Crippen LogP contribution < -0.4 is 0 Å². The van der Waals surface area contributed by atoms with Gasteiger partial charge in [0.1, 0.15) is 6.61 Å². The van der Waals surface area contributed by atoms with E-state index in [1.54, 1.807) is 0 Å². The third-order valence-corrected chi connectivity index (χ3v) is 2.88. The van der Waals surface area contributed by atoms with Gasteiger partial charge in [0.05, 0.1) is 0 Å². The molecule has 0 saturated carbocycles. The second-order valence-corrected chi connectivity index (χ2v) is 5.12. The Morgan fingerprint density at radius 2 is 1.05 bits per heavy atom. The van der Waals surface area contributed by atoms with Crippen molar-refractivity contribution >= 4 is 10.1 Å². The molecule has 0 radical (unpaired) electrons.